The van der Waals surface area contributed by atoms with Crippen molar-refractivity contribution in [3.8, 4) is 5.75 Å². The predicted octanol–water partition coefficient (Wildman–Crippen LogP) is 2.84. The van der Waals surface area contributed by atoms with Crippen molar-refractivity contribution in [2.45, 2.75) is 31.8 Å². The van der Waals surface area contributed by atoms with Gasteiger partial charge in [-0.25, -0.2) is 4.79 Å². The summed E-state index contributed by atoms with van der Waals surface area (Å²) in [6, 6.07) is 15.5. The van der Waals surface area contributed by atoms with E-state index in [4.69, 9.17) is 5.11 Å². The molecule has 0 bridgehead atoms. The summed E-state index contributed by atoms with van der Waals surface area (Å²) in [5.41, 5.74) is 0.320. The smallest absolute Gasteiger partial charge is 0.405 e. The first-order valence-corrected chi connectivity index (χ1v) is 7.95. The Hall–Kier alpha value is -3.02. The zero-order valence-corrected chi connectivity index (χ0v) is 14.2. The second kappa shape index (κ2) is 7.70. The summed E-state index contributed by atoms with van der Waals surface area (Å²) in [7, 11) is 0. The number of phenolic OH excluding ortho intramolecular Hbond substituents is 1. The van der Waals surface area contributed by atoms with Crippen LogP contribution in [-0.4, -0.2) is 27.8 Å². The van der Waals surface area contributed by atoms with Gasteiger partial charge < -0.3 is 20.8 Å². The molecule has 0 saturated heterocycles. The molecule has 0 saturated carbocycles. The van der Waals surface area contributed by atoms with Gasteiger partial charge in [-0.1, -0.05) is 42.5 Å². The van der Waals surface area contributed by atoms with Crippen molar-refractivity contribution in [2.24, 2.45) is 0 Å². The van der Waals surface area contributed by atoms with Crippen LogP contribution in [0.3, 0.4) is 0 Å². The first-order valence-electron chi connectivity index (χ1n) is 7.95. The summed E-state index contributed by atoms with van der Waals surface area (Å²) in [6.07, 6.45) is -1.11. The molecular weight excluding hydrogens is 320 g/mol. The zero-order chi connectivity index (χ0) is 18.4. The minimum absolute atomic E-state index is 0.110. The van der Waals surface area contributed by atoms with Gasteiger partial charge >= 0.3 is 6.09 Å². The molecule has 0 heterocycles. The molecule has 0 radical (unpaired) electrons. The van der Waals surface area contributed by atoms with Crippen molar-refractivity contribution in [1.29, 1.82) is 0 Å². The lowest BCUT2D eigenvalue weighted by Crippen LogP contribution is -2.58. The van der Waals surface area contributed by atoms with Gasteiger partial charge in [-0.3, -0.25) is 4.79 Å². The Morgan fingerprint density at radius 1 is 1.08 bits per heavy atom. The number of benzene rings is 2. The van der Waals surface area contributed by atoms with E-state index in [1.807, 2.05) is 37.3 Å². The quantitative estimate of drug-likeness (QED) is 0.649. The lowest BCUT2D eigenvalue weighted by Gasteiger charge is -2.30. The van der Waals surface area contributed by atoms with Crippen LogP contribution in [0.2, 0.25) is 0 Å². The lowest BCUT2D eigenvalue weighted by molar-refractivity contribution is -0.127. The van der Waals surface area contributed by atoms with Crippen molar-refractivity contribution in [3.05, 3.63) is 65.7 Å². The number of phenols is 1. The van der Waals surface area contributed by atoms with Gasteiger partial charge in [0.05, 0.1) is 6.04 Å². The largest absolute Gasteiger partial charge is 0.508 e. The second-order valence-corrected chi connectivity index (χ2v) is 6.21. The van der Waals surface area contributed by atoms with E-state index in [1.54, 1.807) is 19.1 Å². The van der Waals surface area contributed by atoms with Gasteiger partial charge in [0.2, 0.25) is 5.91 Å². The molecule has 0 aliphatic carbocycles. The first-order chi connectivity index (χ1) is 11.8. The van der Waals surface area contributed by atoms with Crippen molar-refractivity contribution >= 4 is 12.0 Å². The Morgan fingerprint density at radius 2 is 1.68 bits per heavy atom. The van der Waals surface area contributed by atoms with E-state index in [2.05, 4.69) is 10.6 Å². The zero-order valence-electron chi connectivity index (χ0n) is 14.2. The molecule has 0 spiro atoms. The summed E-state index contributed by atoms with van der Waals surface area (Å²) in [4.78, 5) is 24.0. The Morgan fingerprint density at radius 3 is 2.24 bits per heavy atom. The maximum Gasteiger partial charge on any atom is 0.405 e. The van der Waals surface area contributed by atoms with E-state index in [0.717, 1.165) is 11.1 Å². The van der Waals surface area contributed by atoms with Crippen LogP contribution in [0.15, 0.2) is 54.6 Å². The van der Waals surface area contributed by atoms with Gasteiger partial charge in [0, 0.05) is 6.42 Å². The monoisotopic (exact) mass is 342 g/mol. The Balaban J connectivity index is 2.18. The van der Waals surface area contributed by atoms with Gasteiger partial charge in [-0.2, -0.15) is 0 Å². The highest BCUT2D eigenvalue weighted by molar-refractivity contribution is 5.89. The molecular formula is C19H22N2O4. The third-order valence-electron chi connectivity index (χ3n) is 4.03. The van der Waals surface area contributed by atoms with Gasteiger partial charge in [0.25, 0.3) is 0 Å². The molecule has 132 valence electrons. The average Bonchev–Trinajstić information content (AvgIpc) is 2.57. The summed E-state index contributed by atoms with van der Waals surface area (Å²) in [5, 5.41) is 23.7. The third-order valence-corrected chi connectivity index (χ3v) is 4.03. The van der Waals surface area contributed by atoms with Gasteiger partial charge in [-0.05, 0) is 37.1 Å². The van der Waals surface area contributed by atoms with Crippen LogP contribution < -0.4 is 10.6 Å². The lowest BCUT2D eigenvalue weighted by atomic mass is 9.91. The number of amides is 2. The van der Waals surface area contributed by atoms with Crippen LogP contribution in [0.25, 0.3) is 0 Å². The number of hydrogen-bond acceptors (Lipinski definition) is 3. The van der Waals surface area contributed by atoms with E-state index in [9.17, 15) is 14.7 Å². The first kappa shape index (κ1) is 18.3. The molecule has 25 heavy (non-hydrogen) atoms. The van der Waals surface area contributed by atoms with Crippen molar-refractivity contribution in [2.75, 3.05) is 0 Å². The Bertz CT molecular complexity index is 731. The van der Waals surface area contributed by atoms with E-state index >= 15 is 0 Å². The van der Waals surface area contributed by atoms with E-state index in [0.29, 0.717) is 0 Å². The molecule has 0 aliphatic heterocycles. The summed E-state index contributed by atoms with van der Waals surface area (Å²) >= 11 is 0. The number of rotatable bonds is 6. The average molecular weight is 342 g/mol. The topological polar surface area (TPSA) is 98.7 Å². The summed E-state index contributed by atoms with van der Waals surface area (Å²) in [6.45, 7) is 3.38. The third kappa shape index (κ3) is 4.97. The van der Waals surface area contributed by atoms with Crippen LogP contribution in [0.4, 0.5) is 4.79 Å². The summed E-state index contributed by atoms with van der Waals surface area (Å²) < 4.78 is 0. The SMILES string of the molecule is C[C@H](NC(=O)[C@](C)(Cc1ccc(O)cc1)NC(=O)O)c1ccccc1. The molecule has 6 heteroatoms. The molecule has 2 amide bonds. The van der Waals surface area contributed by atoms with Crippen molar-refractivity contribution in [3.63, 3.8) is 0 Å². The van der Waals surface area contributed by atoms with E-state index in [-0.39, 0.29) is 18.2 Å². The van der Waals surface area contributed by atoms with Crippen LogP contribution in [-0.2, 0) is 11.2 Å². The van der Waals surface area contributed by atoms with Crippen LogP contribution >= 0.6 is 0 Å². The standard InChI is InChI=1S/C19H22N2O4/c1-13(15-6-4-3-5-7-15)20-17(23)19(2,21-18(24)25)12-14-8-10-16(22)11-9-14/h3-11,13,21-22H,12H2,1-2H3,(H,20,23)(H,24,25)/t13-,19-/m0/s1. The minimum Gasteiger partial charge on any atom is -0.508 e. The number of carbonyl (C=O) groups excluding carboxylic acids is 1. The fraction of sp³-hybridized carbons (Fsp3) is 0.263. The number of carbonyl (C=O) groups is 2. The van der Waals surface area contributed by atoms with Crippen molar-refractivity contribution < 1.29 is 19.8 Å². The molecule has 2 rings (SSSR count). The second-order valence-electron chi connectivity index (χ2n) is 6.21. The molecule has 2 atom stereocenters. The maximum atomic E-state index is 12.8. The Labute approximate surface area is 146 Å². The number of hydrogen-bond donors (Lipinski definition) is 4. The van der Waals surface area contributed by atoms with Gasteiger partial charge in [0.15, 0.2) is 0 Å². The molecule has 0 unspecified atom stereocenters. The molecule has 2 aromatic carbocycles. The summed E-state index contributed by atoms with van der Waals surface area (Å²) in [5.74, 6) is -0.307. The highest BCUT2D eigenvalue weighted by Crippen LogP contribution is 2.19. The van der Waals surface area contributed by atoms with Gasteiger partial charge in [-0.15, -0.1) is 0 Å². The molecule has 2 aromatic rings. The molecule has 0 fully saturated rings. The van der Waals surface area contributed by atoms with Crippen LogP contribution in [0, 0.1) is 0 Å². The van der Waals surface area contributed by atoms with Crippen LogP contribution in [0.1, 0.15) is 31.0 Å². The van der Waals surface area contributed by atoms with Crippen LogP contribution in [0.5, 0.6) is 5.75 Å². The Kier molecular flexibility index (Phi) is 5.64. The highest BCUT2D eigenvalue weighted by Gasteiger charge is 2.36. The van der Waals surface area contributed by atoms with E-state index in [1.165, 1.54) is 12.1 Å². The highest BCUT2D eigenvalue weighted by atomic mass is 16.4. The van der Waals surface area contributed by atoms with Crippen molar-refractivity contribution in [1.82, 2.24) is 10.6 Å². The fourth-order valence-electron chi connectivity index (χ4n) is 2.62. The van der Waals surface area contributed by atoms with E-state index < -0.39 is 17.5 Å². The number of aromatic hydroxyl groups is 1. The predicted molar refractivity (Wildman–Crippen MR) is 94.4 cm³/mol. The maximum absolute atomic E-state index is 12.8. The number of carboxylic acid groups (broad SMARTS) is 1. The number of nitrogens with one attached hydrogen (secondary N) is 2. The molecule has 4 N–H and O–H groups in total. The van der Waals surface area contributed by atoms with Gasteiger partial charge in [0.1, 0.15) is 11.3 Å². The fourth-order valence-corrected chi connectivity index (χ4v) is 2.62. The normalized spacial score (nSPS) is 14.2. The molecule has 6 nitrogen and oxygen atoms in total. The minimum atomic E-state index is -1.34. The molecule has 0 aliphatic rings. The molecule has 0 aromatic heterocycles.